The molecule has 0 saturated heterocycles. The molecule has 0 amide bonds. The van der Waals surface area contributed by atoms with Crippen molar-refractivity contribution < 1.29 is 14.3 Å². The van der Waals surface area contributed by atoms with E-state index < -0.39 is 0 Å². The van der Waals surface area contributed by atoms with E-state index in [1.807, 2.05) is 38.1 Å². The Morgan fingerprint density at radius 1 is 1.28 bits per heavy atom. The Labute approximate surface area is 108 Å². The fourth-order valence-corrected chi connectivity index (χ4v) is 1.93. The first-order valence-electron chi connectivity index (χ1n) is 6.04. The molecule has 1 N–H and O–H groups in total. The van der Waals surface area contributed by atoms with Crippen LogP contribution in [0, 0.1) is 0 Å². The molecule has 0 radical (unpaired) electrons. The van der Waals surface area contributed by atoms with Crippen LogP contribution in [0.1, 0.15) is 31.9 Å². The van der Waals surface area contributed by atoms with Crippen LogP contribution in [-0.2, 0) is 9.53 Å². The van der Waals surface area contributed by atoms with E-state index in [0.717, 1.165) is 11.3 Å². The Kier molecular flexibility index (Phi) is 5.65. The number of rotatable bonds is 6. The first-order chi connectivity index (χ1) is 8.58. The highest BCUT2D eigenvalue weighted by molar-refractivity contribution is 5.69. The summed E-state index contributed by atoms with van der Waals surface area (Å²) in [6.07, 6.45) is 0.357. The van der Waals surface area contributed by atoms with E-state index in [1.54, 1.807) is 7.11 Å². The monoisotopic (exact) mass is 251 g/mol. The van der Waals surface area contributed by atoms with E-state index in [1.165, 1.54) is 7.11 Å². The second-order valence-electron chi connectivity index (χ2n) is 4.31. The Morgan fingerprint density at radius 3 is 2.56 bits per heavy atom. The molecule has 1 unspecified atom stereocenters. The summed E-state index contributed by atoms with van der Waals surface area (Å²) in [6.45, 7) is 4.01. The van der Waals surface area contributed by atoms with Crippen LogP contribution >= 0.6 is 0 Å². The van der Waals surface area contributed by atoms with Crippen LogP contribution in [0.25, 0.3) is 0 Å². The molecule has 2 atom stereocenters. The zero-order valence-corrected chi connectivity index (χ0v) is 11.4. The van der Waals surface area contributed by atoms with Crippen LogP contribution in [0.15, 0.2) is 24.3 Å². The molecule has 0 aromatic heterocycles. The first kappa shape index (κ1) is 14.5. The third kappa shape index (κ3) is 4.04. The van der Waals surface area contributed by atoms with Gasteiger partial charge in [0.25, 0.3) is 0 Å². The second kappa shape index (κ2) is 7.01. The minimum absolute atomic E-state index is 0.0531. The summed E-state index contributed by atoms with van der Waals surface area (Å²) in [6, 6.07) is 8.02. The summed E-state index contributed by atoms with van der Waals surface area (Å²) in [7, 11) is 3.06. The molecule has 0 aliphatic rings. The number of esters is 1. The van der Waals surface area contributed by atoms with Gasteiger partial charge in [-0.25, -0.2) is 0 Å². The minimum atomic E-state index is -0.206. The van der Waals surface area contributed by atoms with E-state index in [9.17, 15) is 4.79 Å². The summed E-state index contributed by atoms with van der Waals surface area (Å²) >= 11 is 0. The van der Waals surface area contributed by atoms with E-state index >= 15 is 0 Å². The minimum Gasteiger partial charge on any atom is -0.496 e. The fourth-order valence-electron chi connectivity index (χ4n) is 1.93. The molecule has 0 spiro atoms. The van der Waals surface area contributed by atoms with Crippen LogP contribution in [0.3, 0.4) is 0 Å². The van der Waals surface area contributed by atoms with Crippen LogP contribution in [-0.4, -0.2) is 26.2 Å². The lowest BCUT2D eigenvalue weighted by Crippen LogP contribution is -2.31. The van der Waals surface area contributed by atoms with Gasteiger partial charge in [-0.05, 0) is 19.9 Å². The van der Waals surface area contributed by atoms with Crippen molar-refractivity contribution in [3.63, 3.8) is 0 Å². The highest BCUT2D eigenvalue weighted by Crippen LogP contribution is 2.24. The van der Waals surface area contributed by atoms with Gasteiger partial charge in [-0.1, -0.05) is 18.2 Å². The highest BCUT2D eigenvalue weighted by Gasteiger charge is 2.15. The van der Waals surface area contributed by atoms with Crippen molar-refractivity contribution in [1.29, 1.82) is 0 Å². The first-order valence-corrected chi connectivity index (χ1v) is 6.04. The van der Waals surface area contributed by atoms with Crippen molar-refractivity contribution in [3.8, 4) is 5.75 Å². The van der Waals surface area contributed by atoms with Crippen molar-refractivity contribution in [1.82, 2.24) is 5.32 Å². The predicted molar refractivity (Wildman–Crippen MR) is 70.6 cm³/mol. The Hall–Kier alpha value is -1.55. The average molecular weight is 251 g/mol. The summed E-state index contributed by atoms with van der Waals surface area (Å²) in [5.74, 6) is 0.644. The van der Waals surface area contributed by atoms with Crippen LogP contribution in [0.4, 0.5) is 0 Å². The quantitative estimate of drug-likeness (QED) is 0.788. The number of carbonyl (C=O) groups excluding carboxylic acids is 1. The van der Waals surface area contributed by atoms with Gasteiger partial charge < -0.3 is 14.8 Å². The van der Waals surface area contributed by atoms with Crippen molar-refractivity contribution in [2.24, 2.45) is 0 Å². The lowest BCUT2D eigenvalue weighted by atomic mass is 10.1. The second-order valence-corrected chi connectivity index (χ2v) is 4.31. The van der Waals surface area contributed by atoms with Crippen molar-refractivity contribution in [3.05, 3.63) is 29.8 Å². The smallest absolute Gasteiger partial charge is 0.307 e. The molecule has 1 aromatic carbocycles. The Bertz CT molecular complexity index is 392. The van der Waals surface area contributed by atoms with Crippen LogP contribution in [0.2, 0.25) is 0 Å². The number of para-hydroxylation sites is 1. The van der Waals surface area contributed by atoms with Gasteiger partial charge in [-0.2, -0.15) is 0 Å². The van der Waals surface area contributed by atoms with Gasteiger partial charge in [-0.15, -0.1) is 0 Å². The summed E-state index contributed by atoms with van der Waals surface area (Å²) in [5.41, 5.74) is 1.08. The average Bonchev–Trinajstić information content (AvgIpc) is 2.38. The van der Waals surface area contributed by atoms with E-state index in [0.29, 0.717) is 6.42 Å². The number of hydrogen-bond donors (Lipinski definition) is 1. The maximum absolute atomic E-state index is 11.2. The van der Waals surface area contributed by atoms with E-state index in [4.69, 9.17) is 4.74 Å². The standard InChI is InChI=1S/C14H21NO3/c1-10(9-14(16)18-4)15-11(2)12-7-5-6-8-13(12)17-3/h5-8,10-11,15H,9H2,1-4H3/t10?,11-/m0/s1. The molecular formula is C14H21NO3. The zero-order chi connectivity index (χ0) is 13.5. The molecule has 1 rings (SSSR count). The summed E-state index contributed by atoms with van der Waals surface area (Å²) in [5, 5.41) is 3.36. The number of benzene rings is 1. The number of hydrogen-bond acceptors (Lipinski definition) is 4. The number of nitrogens with one attached hydrogen (secondary N) is 1. The van der Waals surface area contributed by atoms with Crippen molar-refractivity contribution in [2.75, 3.05) is 14.2 Å². The zero-order valence-electron chi connectivity index (χ0n) is 11.4. The molecular weight excluding hydrogens is 230 g/mol. The molecule has 100 valence electrons. The third-order valence-electron chi connectivity index (χ3n) is 2.84. The van der Waals surface area contributed by atoms with Crippen LogP contribution < -0.4 is 10.1 Å². The SMILES string of the molecule is COC(=O)CC(C)N[C@@H](C)c1ccccc1OC. The Morgan fingerprint density at radius 2 is 1.94 bits per heavy atom. The topological polar surface area (TPSA) is 47.6 Å². The summed E-state index contributed by atoms with van der Waals surface area (Å²) in [4.78, 5) is 11.2. The van der Waals surface area contributed by atoms with Crippen molar-refractivity contribution >= 4 is 5.97 Å². The highest BCUT2D eigenvalue weighted by atomic mass is 16.5. The maximum Gasteiger partial charge on any atom is 0.307 e. The molecule has 18 heavy (non-hydrogen) atoms. The number of methoxy groups -OCH3 is 2. The van der Waals surface area contributed by atoms with Gasteiger partial charge in [0.1, 0.15) is 5.75 Å². The molecule has 0 heterocycles. The molecule has 4 nitrogen and oxygen atoms in total. The molecule has 0 saturated carbocycles. The van der Waals surface area contributed by atoms with Crippen LogP contribution in [0.5, 0.6) is 5.75 Å². The summed E-state index contributed by atoms with van der Waals surface area (Å²) < 4.78 is 9.97. The fraction of sp³-hybridized carbons (Fsp3) is 0.500. The molecule has 1 aromatic rings. The van der Waals surface area contributed by atoms with Gasteiger partial charge in [0.15, 0.2) is 0 Å². The number of ether oxygens (including phenoxy) is 2. The Balaban J connectivity index is 2.64. The van der Waals surface area contributed by atoms with Gasteiger partial charge in [-0.3, -0.25) is 4.79 Å². The lowest BCUT2D eigenvalue weighted by Gasteiger charge is -2.21. The molecule has 0 fully saturated rings. The largest absolute Gasteiger partial charge is 0.496 e. The normalized spacial score (nSPS) is 13.8. The van der Waals surface area contributed by atoms with Gasteiger partial charge in [0.2, 0.25) is 0 Å². The molecule has 4 heteroatoms. The van der Waals surface area contributed by atoms with Crippen molar-refractivity contribution in [2.45, 2.75) is 32.4 Å². The molecule has 0 aliphatic heterocycles. The van der Waals surface area contributed by atoms with E-state index in [2.05, 4.69) is 10.1 Å². The number of carbonyl (C=O) groups is 1. The van der Waals surface area contributed by atoms with E-state index in [-0.39, 0.29) is 18.1 Å². The maximum atomic E-state index is 11.2. The van der Waals surface area contributed by atoms with Gasteiger partial charge >= 0.3 is 5.97 Å². The third-order valence-corrected chi connectivity index (χ3v) is 2.84. The molecule has 0 bridgehead atoms. The molecule has 0 aliphatic carbocycles. The lowest BCUT2D eigenvalue weighted by molar-refractivity contribution is -0.141. The van der Waals surface area contributed by atoms with Gasteiger partial charge in [0, 0.05) is 17.6 Å². The van der Waals surface area contributed by atoms with Gasteiger partial charge in [0.05, 0.1) is 20.6 Å². The predicted octanol–water partition coefficient (Wildman–Crippen LogP) is 2.30.